The largest absolute Gasteiger partial charge is 0.378 e. The maximum absolute atomic E-state index is 5.85. The maximum atomic E-state index is 5.85. The summed E-state index contributed by atoms with van der Waals surface area (Å²) in [7, 11) is 0. The van der Waals surface area contributed by atoms with Crippen molar-refractivity contribution in [1.82, 2.24) is 15.1 Å². The molecule has 1 aromatic rings. The zero-order chi connectivity index (χ0) is 13.7. The third-order valence-corrected chi connectivity index (χ3v) is 4.11. The Hall–Kier alpha value is -0.870. The van der Waals surface area contributed by atoms with E-state index in [1.165, 1.54) is 12.0 Å². The van der Waals surface area contributed by atoms with Crippen LogP contribution in [0.2, 0.25) is 0 Å². The van der Waals surface area contributed by atoms with Crippen molar-refractivity contribution in [2.24, 2.45) is 5.92 Å². The van der Waals surface area contributed by atoms with Gasteiger partial charge in [0.2, 0.25) is 0 Å². The van der Waals surface area contributed by atoms with Crippen molar-refractivity contribution in [3.63, 3.8) is 0 Å². The molecule has 2 heterocycles. The first kappa shape index (κ1) is 14.5. The molecule has 108 valence electrons. The fourth-order valence-electron chi connectivity index (χ4n) is 3.12. The number of nitrogens with one attached hydrogen (secondary N) is 1. The molecule has 4 nitrogen and oxygen atoms in total. The first-order chi connectivity index (χ1) is 9.28. The van der Waals surface area contributed by atoms with Crippen molar-refractivity contribution < 1.29 is 4.74 Å². The first-order valence-corrected chi connectivity index (χ1v) is 7.64. The maximum Gasteiger partial charge on any atom is 0.0616 e. The second kappa shape index (κ2) is 7.06. The topological polar surface area (TPSA) is 39.1 Å². The van der Waals surface area contributed by atoms with Crippen LogP contribution in [0.15, 0.2) is 12.4 Å². The fraction of sp³-hybridized carbons (Fsp3) is 0.800. The Morgan fingerprint density at radius 3 is 2.95 bits per heavy atom. The van der Waals surface area contributed by atoms with Gasteiger partial charge in [-0.3, -0.25) is 4.68 Å². The molecule has 1 saturated heterocycles. The van der Waals surface area contributed by atoms with Crippen molar-refractivity contribution in [1.29, 1.82) is 0 Å². The fourth-order valence-corrected chi connectivity index (χ4v) is 3.12. The molecule has 0 aliphatic carbocycles. The van der Waals surface area contributed by atoms with Crippen LogP contribution >= 0.6 is 0 Å². The molecular formula is C15H27N3O. The van der Waals surface area contributed by atoms with E-state index in [1.807, 2.05) is 10.9 Å². The van der Waals surface area contributed by atoms with Gasteiger partial charge in [0.25, 0.3) is 0 Å². The van der Waals surface area contributed by atoms with E-state index in [2.05, 4.69) is 37.4 Å². The lowest BCUT2D eigenvalue weighted by Crippen LogP contribution is -2.41. The van der Waals surface area contributed by atoms with Gasteiger partial charge in [-0.25, -0.2) is 0 Å². The summed E-state index contributed by atoms with van der Waals surface area (Å²) in [5.41, 5.74) is 1.33. The van der Waals surface area contributed by atoms with Crippen LogP contribution in [0.3, 0.4) is 0 Å². The van der Waals surface area contributed by atoms with Crippen molar-refractivity contribution in [3.8, 4) is 0 Å². The van der Waals surface area contributed by atoms with E-state index in [1.54, 1.807) is 0 Å². The third kappa shape index (κ3) is 3.57. The molecule has 1 aliphatic rings. The molecule has 1 aliphatic heterocycles. The quantitative estimate of drug-likeness (QED) is 0.822. The van der Waals surface area contributed by atoms with Crippen LogP contribution in [0.25, 0.3) is 0 Å². The predicted molar refractivity (Wildman–Crippen MR) is 77.2 cm³/mol. The van der Waals surface area contributed by atoms with Crippen LogP contribution in [0.5, 0.6) is 0 Å². The second-order valence-corrected chi connectivity index (χ2v) is 5.34. The molecule has 0 spiro atoms. The number of hydrogen-bond acceptors (Lipinski definition) is 3. The number of rotatable bonds is 7. The van der Waals surface area contributed by atoms with E-state index in [0.717, 1.165) is 32.5 Å². The van der Waals surface area contributed by atoms with Gasteiger partial charge in [0.1, 0.15) is 0 Å². The summed E-state index contributed by atoms with van der Waals surface area (Å²) in [6.07, 6.45) is 7.94. The average Bonchev–Trinajstić information content (AvgIpc) is 3.06. The average molecular weight is 265 g/mol. The third-order valence-electron chi connectivity index (χ3n) is 4.11. The van der Waals surface area contributed by atoms with Crippen molar-refractivity contribution >= 4 is 0 Å². The normalized spacial score (nSPS) is 24.8. The van der Waals surface area contributed by atoms with Gasteiger partial charge in [0.05, 0.1) is 12.3 Å². The monoisotopic (exact) mass is 265 g/mol. The molecule has 0 bridgehead atoms. The number of hydrogen-bond donors (Lipinski definition) is 1. The summed E-state index contributed by atoms with van der Waals surface area (Å²) in [4.78, 5) is 0. The van der Waals surface area contributed by atoms with Crippen LogP contribution in [0.1, 0.15) is 39.2 Å². The Balaban J connectivity index is 2.02. The summed E-state index contributed by atoms with van der Waals surface area (Å²) < 4.78 is 7.85. The van der Waals surface area contributed by atoms with E-state index in [0.29, 0.717) is 18.1 Å². The molecular weight excluding hydrogens is 238 g/mol. The molecule has 0 saturated carbocycles. The molecule has 0 aromatic carbocycles. The van der Waals surface area contributed by atoms with Crippen LogP contribution in [0, 0.1) is 5.92 Å². The van der Waals surface area contributed by atoms with Crippen LogP contribution in [-0.4, -0.2) is 35.1 Å². The summed E-state index contributed by atoms with van der Waals surface area (Å²) in [5, 5.41) is 8.02. The molecule has 0 radical (unpaired) electrons. The standard InChI is InChI=1S/C15H27N3O/c1-4-15-13(7-8-19-15)14(16-5-2)9-12-10-17-18(6-3)11-12/h10-11,13-16H,4-9H2,1-3H3. The zero-order valence-corrected chi connectivity index (χ0v) is 12.4. The highest BCUT2D eigenvalue weighted by molar-refractivity contribution is 5.07. The lowest BCUT2D eigenvalue weighted by molar-refractivity contribution is 0.0776. The van der Waals surface area contributed by atoms with E-state index < -0.39 is 0 Å². The van der Waals surface area contributed by atoms with E-state index >= 15 is 0 Å². The summed E-state index contributed by atoms with van der Waals surface area (Å²) in [6, 6.07) is 0.506. The van der Waals surface area contributed by atoms with Gasteiger partial charge in [0, 0.05) is 31.3 Å². The second-order valence-electron chi connectivity index (χ2n) is 5.34. The number of likely N-dealkylation sites (N-methyl/N-ethyl adjacent to an activating group) is 1. The number of nitrogens with zero attached hydrogens (tertiary/aromatic N) is 2. The molecule has 2 rings (SSSR count). The molecule has 3 unspecified atom stereocenters. The van der Waals surface area contributed by atoms with E-state index in [9.17, 15) is 0 Å². The van der Waals surface area contributed by atoms with E-state index in [4.69, 9.17) is 4.74 Å². The number of aromatic nitrogens is 2. The zero-order valence-electron chi connectivity index (χ0n) is 12.4. The predicted octanol–water partition coefficient (Wildman–Crippen LogP) is 2.24. The lowest BCUT2D eigenvalue weighted by atomic mass is 9.88. The first-order valence-electron chi connectivity index (χ1n) is 7.64. The summed E-state index contributed by atoms with van der Waals surface area (Å²) in [6.45, 7) is 9.39. The molecule has 0 amide bonds. The molecule has 1 fully saturated rings. The highest BCUT2D eigenvalue weighted by Gasteiger charge is 2.33. The minimum Gasteiger partial charge on any atom is -0.378 e. The van der Waals surface area contributed by atoms with Crippen LogP contribution < -0.4 is 5.32 Å². The minimum absolute atomic E-state index is 0.422. The molecule has 1 N–H and O–H groups in total. The summed E-state index contributed by atoms with van der Waals surface area (Å²) in [5.74, 6) is 0.634. The summed E-state index contributed by atoms with van der Waals surface area (Å²) >= 11 is 0. The Bertz CT molecular complexity index is 377. The SMILES string of the molecule is CCNC(Cc1cnn(CC)c1)C1CCOC1CC. The lowest BCUT2D eigenvalue weighted by Gasteiger charge is -2.27. The van der Waals surface area contributed by atoms with Gasteiger partial charge in [-0.1, -0.05) is 13.8 Å². The van der Waals surface area contributed by atoms with Gasteiger partial charge in [-0.05, 0) is 38.3 Å². The Morgan fingerprint density at radius 2 is 2.32 bits per heavy atom. The highest BCUT2D eigenvalue weighted by Crippen LogP contribution is 2.28. The van der Waals surface area contributed by atoms with Crippen molar-refractivity contribution in [2.75, 3.05) is 13.2 Å². The highest BCUT2D eigenvalue weighted by atomic mass is 16.5. The van der Waals surface area contributed by atoms with Crippen LogP contribution in [0.4, 0.5) is 0 Å². The molecule has 3 atom stereocenters. The van der Waals surface area contributed by atoms with Crippen molar-refractivity contribution in [3.05, 3.63) is 18.0 Å². The van der Waals surface area contributed by atoms with Crippen molar-refractivity contribution in [2.45, 2.75) is 58.7 Å². The van der Waals surface area contributed by atoms with Gasteiger partial charge in [0.15, 0.2) is 0 Å². The smallest absolute Gasteiger partial charge is 0.0616 e. The molecule has 19 heavy (non-hydrogen) atoms. The van der Waals surface area contributed by atoms with E-state index in [-0.39, 0.29) is 0 Å². The Kier molecular flexibility index (Phi) is 5.40. The van der Waals surface area contributed by atoms with Gasteiger partial charge < -0.3 is 10.1 Å². The van der Waals surface area contributed by atoms with Gasteiger partial charge in [-0.15, -0.1) is 0 Å². The number of ether oxygens (including phenoxy) is 1. The molecule has 4 heteroatoms. The number of aryl methyl sites for hydroxylation is 1. The Morgan fingerprint density at radius 1 is 1.47 bits per heavy atom. The molecule has 1 aromatic heterocycles. The Labute approximate surface area is 116 Å². The minimum atomic E-state index is 0.422. The van der Waals surface area contributed by atoms with Gasteiger partial charge >= 0.3 is 0 Å². The van der Waals surface area contributed by atoms with Gasteiger partial charge in [-0.2, -0.15) is 5.10 Å². The van der Waals surface area contributed by atoms with Crippen LogP contribution in [-0.2, 0) is 17.7 Å².